The normalized spacial score (nSPS) is 10.5. The van der Waals surface area contributed by atoms with Crippen molar-refractivity contribution in [3.8, 4) is 5.88 Å². The smallest absolute Gasteiger partial charge is 0.214 e. The number of anilines is 1. The number of hydrogen-bond acceptors (Lipinski definition) is 3. The monoisotopic (exact) mass is 256 g/mol. The van der Waals surface area contributed by atoms with E-state index in [2.05, 4.69) is 48.4 Å². The molecular weight excluding hydrogens is 236 g/mol. The van der Waals surface area contributed by atoms with Crippen molar-refractivity contribution in [2.24, 2.45) is 0 Å². The van der Waals surface area contributed by atoms with E-state index in [4.69, 9.17) is 4.74 Å². The molecule has 0 unspecified atom stereocenters. The molecule has 0 spiro atoms. The Kier molecular flexibility index (Phi) is 4.39. The van der Waals surface area contributed by atoms with Gasteiger partial charge in [-0.15, -0.1) is 0 Å². The van der Waals surface area contributed by atoms with E-state index in [9.17, 15) is 0 Å². The molecule has 0 aliphatic rings. The molecule has 0 radical (unpaired) electrons. The third-order valence-corrected chi connectivity index (χ3v) is 3.05. The number of hydrogen-bond donors (Lipinski definition) is 1. The molecule has 1 aromatic heterocycles. The van der Waals surface area contributed by atoms with Gasteiger partial charge in [0.05, 0.1) is 7.11 Å². The Labute approximate surface area is 114 Å². The van der Waals surface area contributed by atoms with Gasteiger partial charge in [-0.05, 0) is 23.1 Å². The highest BCUT2D eigenvalue weighted by atomic mass is 16.5. The minimum atomic E-state index is 0.571. The molecule has 2 rings (SSSR count). The highest BCUT2D eigenvalue weighted by Crippen LogP contribution is 2.16. The summed E-state index contributed by atoms with van der Waals surface area (Å²) in [7, 11) is 1.62. The lowest BCUT2D eigenvalue weighted by Crippen LogP contribution is -2.02. The number of rotatable bonds is 5. The van der Waals surface area contributed by atoms with Gasteiger partial charge in [0.15, 0.2) is 0 Å². The molecule has 100 valence electrons. The first-order valence-corrected chi connectivity index (χ1v) is 6.53. The molecule has 1 aromatic carbocycles. The van der Waals surface area contributed by atoms with Crippen LogP contribution in [-0.2, 0) is 6.54 Å². The van der Waals surface area contributed by atoms with Crippen LogP contribution in [-0.4, -0.2) is 12.1 Å². The Hall–Kier alpha value is -2.03. The van der Waals surface area contributed by atoms with Gasteiger partial charge in [0.25, 0.3) is 0 Å². The van der Waals surface area contributed by atoms with Crippen LogP contribution < -0.4 is 10.1 Å². The van der Waals surface area contributed by atoms with Crippen molar-refractivity contribution in [1.29, 1.82) is 0 Å². The fourth-order valence-electron chi connectivity index (χ4n) is 1.84. The second-order valence-electron chi connectivity index (χ2n) is 4.82. The highest BCUT2D eigenvalue weighted by Gasteiger charge is 2.00. The van der Waals surface area contributed by atoms with Crippen molar-refractivity contribution in [2.75, 3.05) is 12.4 Å². The SMILES string of the molecule is COc1cccc(NCc2ccc(C(C)C)cc2)n1. The zero-order valence-corrected chi connectivity index (χ0v) is 11.7. The Morgan fingerprint density at radius 1 is 1.11 bits per heavy atom. The first-order valence-electron chi connectivity index (χ1n) is 6.53. The number of pyridine rings is 1. The lowest BCUT2D eigenvalue weighted by atomic mass is 10.0. The summed E-state index contributed by atoms with van der Waals surface area (Å²) >= 11 is 0. The molecule has 1 N–H and O–H groups in total. The van der Waals surface area contributed by atoms with E-state index in [0.717, 1.165) is 12.4 Å². The topological polar surface area (TPSA) is 34.1 Å². The van der Waals surface area contributed by atoms with Crippen LogP contribution >= 0.6 is 0 Å². The lowest BCUT2D eigenvalue weighted by molar-refractivity contribution is 0.398. The van der Waals surface area contributed by atoms with E-state index in [1.54, 1.807) is 7.11 Å². The Morgan fingerprint density at radius 3 is 2.47 bits per heavy atom. The fraction of sp³-hybridized carbons (Fsp3) is 0.312. The van der Waals surface area contributed by atoms with Crippen LogP contribution in [0.2, 0.25) is 0 Å². The summed E-state index contributed by atoms with van der Waals surface area (Å²) in [5.74, 6) is 2.02. The first-order chi connectivity index (χ1) is 9.19. The molecule has 19 heavy (non-hydrogen) atoms. The van der Waals surface area contributed by atoms with Crippen molar-refractivity contribution in [3.05, 3.63) is 53.6 Å². The molecule has 3 heteroatoms. The summed E-state index contributed by atoms with van der Waals surface area (Å²) in [6.45, 7) is 5.17. The van der Waals surface area contributed by atoms with Gasteiger partial charge in [0, 0.05) is 12.6 Å². The van der Waals surface area contributed by atoms with Gasteiger partial charge in [-0.25, -0.2) is 0 Å². The van der Waals surface area contributed by atoms with Crippen LogP contribution in [0.4, 0.5) is 5.82 Å². The Balaban J connectivity index is 1.98. The molecule has 0 saturated carbocycles. The quantitative estimate of drug-likeness (QED) is 0.883. The summed E-state index contributed by atoms with van der Waals surface area (Å²) in [4.78, 5) is 4.32. The first kappa shape index (κ1) is 13.4. The zero-order chi connectivity index (χ0) is 13.7. The van der Waals surface area contributed by atoms with Gasteiger partial charge in [-0.1, -0.05) is 44.2 Å². The second-order valence-corrected chi connectivity index (χ2v) is 4.82. The molecular formula is C16H20N2O. The van der Waals surface area contributed by atoms with E-state index >= 15 is 0 Å². The minimum Gasteiger partial charge on any atom is -0.481 e. The average molecular weight is 256 g/mol. The third-order valence-electron chi connectivity index (χ3n) is 3.05. The van der Waals surface area contributed by atoms with Crippen molar-refractivity contribution in [2.45, 2.75) is 26.3 Å². The number of nitrogens with zero attached hydrogens (tertiary/aromatic N) is 1. The van der Waals surface area contributed by atoms with Gasteiger partial charge in [-0.2, -0.15) is 4.98 Å². The molecule has 0 saturated heterocycles. The molecule has 3 nitrogen and oxygen atoms in total. The number of benzene rings is 1. The highest BCUT2D eigenvalue weighted by molar-refractivity contribution is 5.38. The van der Waals surface area contributed by atoms with Crippen LogP contribution in [0.5, 0.6) is 5.88 Å². The molecule has 0 amide bonds. The number of ether oxygens (including phenoxy) is 1. The van der Waals surface area contributed by atoms with Crippen molar-refractivity contribution >= 4 is 5.82 Å². The fourth-order valence-corrected chi connectivity index (χ4v) is 1.84. The van der Waals surface area contributed by atoms with Gasteiger partial charge < -0.3 is 10.1 Å². The van der Waals surface area contributed by atoms with Crippen molar-refractivity contribution < 1.29 is 4.74 Å². The summed E-state index contributed by atoms with van der Waals surface area (Å²) in [5, 5.41) is 3.29. The van der Waals surface area contributed by atoms with E-state index in [1.807, 2.05) is 18.2 Å². The largest absolute Gasteiger partial charge is 0.481 e. The molecule has 0 bridgehead atoms. The predicted octanol–water partition coefficient (Wildman–Crippen LogP) is 3.83. The zero-order valence-electron chi connectivity index (χ0n) is 11.7. The summed E-state index contributed by atoms with van der Waals surface area (Å²) in [5.41, 5.74) is 2.61. The van der Waals surface area contributed by atoms with E-state index < -0.39 is 0 Å². The number of aromatic nitrogens is 1. The average Bonchev–Trinajstić information content (AvgIpc) is 2.46. The predicted molar refractivity (Wildman–Crippen MR) is 78.6 cm³/mol. The third kappa shape index (κ3) is 3.71. The maximum absolute atomic E-state index is 5.10. The van der Waals surface area contributed by atoms with E-state index in [0.29, 0.717) is 11.8 Å². The van der Waals surface area contributed by atoms with Gasteiger partial charge >= 0.3 is 0 Å². The van der Waals surface area contributed by atoms with Crippen LogP contribution in [0.25, 0.3) is 0 Å². The van der Waals surface area contributed by atoms with Crippen molar-refractivity contribution in [3.63, 3.8) is 0 Å². The molecule has 0 fully saturated rings. The number of methoxy groups -OCH3 is 1. The molecule has 1 heterocycles. The van der Waals surface area contributed by atoms with Crippen LogP contribution in [0.15, 0.2) is 42.5 Å². The van der Waals surface area contributed by atoms with Crippen LogP contribution in [0.1, 0.15) is 30.9 Å². The van der Waals surface area contributed by atoms with Gasteiger partial charge in [-0.3, -0.25) is 0 Å². The lowest BCUT2D eigenvalue weighted by Gasteiger charge is -2.09. The van der Waals surface area contributed by atoms with E-state index in [-0.39, 0.29) is 0 Å². The minimum absolute atomic E-state index is 0.571. The summed E-state index contributed by atoms with van der Waals surface area (Å²) < 4.78 is 5.10. The molecule has 2 aromatic rings. The maximum Gasteiger partial charge on any atom is 0.214 e. The van der Waals surface area contributed by atoms with Crippen LogP contribution in [0.3, 0.4) is 0 Å². The summed E-state index contributed by atoms with van der Waals surface area (Å²) in [6, 6.07) is 14.4. The van der Waals surface area contributed by atoms with Crippen LogP contribution in [0, 0.1) is 0 Å². The maximum atomic E-state index is 5.10. The Bertz CT molecular complexity index is 521. The van der Waals surface area contributed by atoms with Gasteiger partial charge in [0.1, 0.15) is 5.82 Å². The van der Waals surface area contributed by atoms with E-state index in [1.165, 1.54) is 11.1 Å². The second kappa shape index (κ2) is 6.23. The number of nitrogens with one attached hydrogen (secondary N) is 1. The standard InChI is InChI=1S/C16H20N2O/c1-12(2)14-9-7-13(8-10-14)11-17-15-5-4-6-16(18-15)19-3/h4-10,12H,11H2,1-3H3,(H,17,18). The summed E-state index contributed by atoms with van der Waals surface area (Å²) in [6.07, 6.45) is 0. The molecule has 0 aliphatic carbocycles. The molecule has 0 atom stereocenters. The van der Waals surface area contributed by atoms with Gasteiger partial charge in [0.2, 0.25) is 5.88 Å². The molecule has 0 aliphatic heterocycles. The Morgan fingerprint density at radius 2 is 1.84 bits per heavy atom. The van der Waals surface area contributed by atoms with Crippen molar-refractivity contribution in [1.82, 2.24) is 4.98 Å².